The van der Waals surface area contributed by atoms with Crippen LogP contribution in [-0.2, 0) is 17.6 Å². The largest absolute Gasteiger partial charge is 0.478 e. The number of carboxylic acids is 2. The molecule has 160 valence electrons. The van der Waals surface area contributed by atoms with Crippen molar-refractivity contribution in [2.24, 2.45) is 0 Å². The van der Waals surface area contributed by atoms with Crippen molar-refractivity contribution in [2.75, 3.05) is 26.4 Å². The van der Waals surface area contributed by atoms with Gasteiger partial charge in [0.1, 0.15) is 0 Å². The van der Waals surface area contributed by atoms with E-state index in [1.54, 1.807) is 24.3 Å². The number of carboxylic acid groups (broad SMARTS) is 2. The highest BCUT2D eigenvalue weighted by molar-refractivity contribution is 5.89. The third-order valence-corrected chi connectivity index (χ3v) is 3.73. The summed E-state index contributed by atoms with van der Waals surface area (Å²) >= 11 is 0. The lowest BCUT2D eigenvalue weighted by atomic mass is 10.1. The number of aliphatic hydroxyl groups is 2. The smallest absolute Gasteiger partial charge is 0.335 e. The number of benzene rings is 2. The van der Waals surface area contributed by atoms with Gasteiger partial charge < -0.3 is 25.2 Å². The fourth-order valence-electron chi connectivity index (χ4n) is 2.31. The lowest BCUT2D eigenvalue weighted by Gasteiger charge is -2.00. The Bertz CT molecular complexity index is 667. The molecule has 0 spiro atoms. The van der Waals surface area contributed by atoms with Gasteiger partial charge in [-0.3, -0.25) is 0 Å². The Labute approximate surface area is 171 Å². The van der Waals surface area contributed by atoms with E-state index in [2.05, 4.69) is 4.74 Å². The fourth-order valence-corrected chi connectivity index (χ4v) is 2.31. The molecule has 2 rings (SSSR count). The zero-order chi connectivity index (χ0) is 22.1. The minimum absolute atomic E-state index is 0.0278. The van der Waals surface area contributed by atoms with Gasteiger partial charge >= 0.3 is 11.9 Å². The standard InChI is InChI=1S/2C9H10O2.C4H10O3/c2*1-2-7-5-3-4-6-8(7)9(10)11;5-1-3-7-4-2-6/h2*3-6H,2H2,1H3,(H,10,11);5-6H,1-4H2. The lowest BCUT2D eigenvalue weighted by Crippen LogP contribution is -2.03. The summed E-state index contributed by atoms with van der Waals surface area (Å²) in [5.74, 6) is -1.69. The highest BCUT2D eigenvalue weighted by Gasteiger charge is 2.06. The van der Waals surface area contributed by atoms with E-state index in [4.69, 9.17) is 20.4 Å². The molecule has 2 aromatic carbocycles. The average Bonchev–Trinajstić information content (AvgIpc) is 2.74. The number of carbonyl (C=O) groups is 2. The van der Waals surface area contributed by atoms with Crippen LogP contribution in [0.5, 0.6) is 0 Å². The van der Waals surface area contributed by atoms with Crippen molar-refractivity contribution in [3.05, 3.63) is 70.8 Å². The summed E-state index contributed by atoms with van der Waals surface area (Å²) in [4.78, 5) is 21.2. The van der Waals surface area contributed by atoms with Crippen molar-refractivity contribution in [1.82, 2.24) is 0 Å². The number of hydrogen-bond donors (Lipinski definition) is 4. The molecule has 2 aromatic rings. The first kappa shape index (κ1) is 26.3. The van der Waals surface area contributed by atoms with Crippen molar-refractivity contribution in [2.45, 2.75) is 26.7 Å². The molecule has 0 saturated heterocycles. The van der Waals surface area contributed by atoms with E-state index in [-0.39, 0.29) is 13.2 Å². The van der Waals surface area contributed by atoms with Crippen molar-refractivity contribution >= 4 is 11.9 Å². The molecule has 0 unspecified atom stereocenters. The molecule has 0 fully saturated rings. The third-order valence-electron chi connectivity index (χ3n) is 3.73. The summed E-state index contributed by atoms with van der Waals surface area (Å²) in [6, 6.07) is 14.1. The minimum atomic E-state index is -0.845. The number of aliphatic hydroxyl groups excluding tert-OH is 2. The van der Waals surface area contributed by atoms with Gasteiger partial charge in [0, 0.05) is 0 Å². The van der Waals surface area contributed by atoms with Crippen molar-refractivity contribution in [3.8, 4) is 0 Å². The highest BCUT2D eigenvalue weighted by atomic mass is 16.5. The molecule has 7 heteroatoms. The van der Waals surface area contributed by atoms with E-state index in [9.17, 15) is 9.59 Å². The Kier molecular flexibility index (Phi) is 14.7. The Balaban J connectivity index is 0.000000419. The summed E-state index contributed by atoms with van der Waals surface area (Å²) < 4.78 is 4.63. The van der Waals surface area contributed by atoms with E-state index in [1.165, 1.54) is 0 Å². The molecule has 0 aliphatic heterocycles. The van der Waals surface area contributed by atoms with Crippen LogP contribution in [0.1, 0.15) is 45.7 Å². The molecule has 0 radical (unpaired) electrons. The molecule has 0 heterocycles. The topological polar surface area (TPSA) is 124 Å². The van der Waals surface area contributed by atoms with E-state index >= 15 is 0 Å². The van der Waals surface area contributed by atoms with Crippen LogP contribution in [0, 0.1) is 0 Å². The number of aryl methyl sites for hydroxylation is 2. The van der Waals surface area contributed by atoms with Gasteiger partial charge in [-0.15, -0.1) is 0 Å². The van der Waals surface area contributed by atoms with Crippen LogP contribution in [0.4, 0.5) is 0 Å². The molecular formula is C22H30O7. The summed E-state index contributed by atoms with van der Waals surface area (Å²) in [7, 11) is 0. The van der Waals surface area contributed by atoms with Crippen LogP contribution in [0.15, 0.2) is 48.5 Å². The van der Waals surface area contributed by atoms with Gasteiger partial charge in [-0.1, -0.05) is 50.2 Å². The maximum Gasteiger partial charge on any atom is 0.335 e. The zero-order valence-corrected chi connectivity index (χ0v) is 16.9. The predicted molar refractivity (Wildman–Crippen MR) is 111 cm³/mol. The second-order valence-corrected chi connectivity index (χ2v) is 5.69. The number of hydrogen-bond acceptors (Lipinski definition) is 5. The number of aromatic carboxylic acids is 2. The van der Waals surface area contributed by atoms with Gasteiger partial charge in [-0.25, -0.2) is 9.59 Å². The van der Waals surface area contributed by atoms with Crippen LogP contribution in [0.2, 0.25) is 0 Å². The summed E-state index contributed by atoms with van der Waals surface area (Å²) in [6.07, 6.45) is 1.53. The van der Waals surface area contributed by atoms with E-state index in [0.717, 1.165) is 24.0 Å². The van der Waals surface area contributed by atoms with Crippen molar-refractivity contribution in [3.63, 3.8) is 0 Å². The maximum atomic E-state index is 10.6. The Morgan fingerprint density at radius 2 is 1.07 bits per heavy atom. The van der Waals surface area contributed by atoms with Gasteiger partial charge in [0.2, 0.25) is 0 Å². The Morgan fingerprint density at radius 3 is 1.31 bits per heavy atom. The third kappa shape index (κ3) is 11.0. The fraction of sp³-hybridized carbons (Fsp3) is 0.364. The lowest BCUT2D eigenvalue weighted by molar-refractivity contribution is 0.0650. The van der Waals surface area contributed by atoms with Crippen LogP contribution >= 0.6 is 0 Å². The average molecular weight is 406 g/mol. The summed E-state index contributed by atoms with van der Waals surface area (Å²) in [5, 5.41) is 33.6. The van der Waals surface area contributed by atoms with Crippen molar-refractivity contribution < 1.29 is 34.8 Å². The van der Waals surface area contributed by atoms with Crippen LogP contribution < -0.4 is 0 Å². The van der Waals surface area contributed by atoms with Gasteiger partial charge in [-0.2, -0.15) is 0 Å². The molecule has 0 saturated carbocycles. The molecule has 0 bridgehead atoms. The molecular weight excluding hydrogens is 376 g/mol. The van der Waals surface area contributed by atoms with Gasteiger partial charge in [0.25, 0.3) is 0 Å². The highest BCUT2D eigenvalue weighted by Crippen LogP contribution is 2.09. The van der Waals surface area contributed by atoms with E-state index < -0.39 is 11.9 Å². The summed E-state index contributed by atoms with van der Waals surface area (Å²) in [6.45, 7) is 4.59. The molecule has 0 aromatic heterocycles. The Hall–Kier alpha value is -2.74. The first-order valence-electron chi connectivity index (χ1n) is 9.34. The van der Waals surface area contributed by atoms with Gasteiger partial charge in [-0.05, 0) is 36.1 Å². The monoisotopic (exact) mass is 406 g/mol. The Morgan fingerprint density at radius 1 is 0.724 bits per heavy atom. The van der Waals surface area contributed by atoms with Crippen LogP contribution in [-0.4, -0.2) is 58.8 Å². The quantitative estimate of drug-likeness (QED) is 0.497. The SMILES string of the molecule is CCc1ccccc1C(=O)O.CCc1ccccc1C(=O)O.OCCOCCO. The normalized spacial score (nSPS) is 9.52. The van der Waals surface area contributed by atoms with Crippen molar-refractivity contribution in [1.29, 1.82) is 0 Å². The first-order valence-corrected chi connectivity index (χ1v) is 9.34. The van der Waals surface area contributed by atoms with E-state index in [0.29, 0.717) is 24.3 Å². The summed E-state index contributed by atoms with van der Waals surface area (Å²) in [5.41, 5.74) is 2.60. The number of rotatable bonds is 8. The van der Waals surface area contributed by atoms with Gasteiger partial charge in [0.05, 0.1) is 37.6 Å². The predicted octanol–water partition coefficient (Wildman–Crippen LogP) is 2.88. The van der Waals surface area contributed by atoms with E-state index in [1.807, 2.05) is 38.1 Å². The first-order chi connectivity index (χ1) is 13.9. The molecule has 0 aliphatic rings. The van der Waals surface area contributed by atoms with Crippen LogP contribution in [0.25, 0.3) is 0 Å². The molecule has 7 nitrogen and oxygen atoms in total. The van der Waals surface area contributed by atoms with Crippen LogP contribution in [0.3, 0.4) is 0 Å². The van der Waals surface area contributed by atoms with Gasteiger partial charge in [0.15, 0.2) is 0 Å². The zero-order valence-electron chi connectivity index (χ0n) is 16.9. The molecule has 4 N–H and O–H groups in total. The molecule has 0 amide bonds. The molecule has 0 aliphatic carbocycles. The molecule has 0 atom stereocenters. The maximum absolute atomic E-state index is 10.6. The number of ether oxygens (including phenoxy) is 1. The minimum Gasteiger partial charge on any atom is -0.478 e. The molecule has 29 heavy (non-hydrogen) atoms. The second-order valence-electron chi connectivity index (χ2n) is 5.69. The second kappa shape index (κ2) is 16.2.